The zero-order valence-corrected chi connectivity index (χ0v) is 27.7. The molecular weight excluding hydrogens is 591 g/mol. The largest absolute Gasteiger partial charge is 0.208 e. The van der Waals surface area contributed by atoms with E-state index in [1.54, 1.807) is 11.3 Å². The zero-order chi connectivity index (χ0) is 32.1. The monoisotopic (exact) mass is 623 g/mol. The lowest BCUT2D eigenvalue weighted by molar-refractivity contribution is 1.08. The van der Waals surface area contributed by atoms with E-state index in [4.69, 9.17) is 15.0 Å². The summed E-state index contributed by atoms with van der Waals surface area (Å²) in [6.45, 7) is 8.57. The second-order valence-corrected chi connectivity index (χ2v) is 13.5. The molecule has 47 heavy (non-hydrogen) atoms. The maximum Gasteiger partial charge on any atom is 0.165 e. The molecule has 0 fully saturated rings. The number of hydrogen-bond donors (Lipinski definition) is 0. The van der Waals surface area contributed by atoms with E-state index in [-0.39, 0.29) is 0 Å². The highest BCUT2D eigenvalue weighted by Crippen LogP contribution is 2.39. The third-order valence-corrected chi connectivity index (χ3v) is 9.90. The standard InChI is InChI=1S/C43H33N3S/c1-26-20-27(2)23-34(22-26)30-12-16-32(17-13-30)41-44-42(33-18-14-31(15-19-33)35-24-28(3)21-29(4)25-35)46-43(45-41)38-10-7-9-37-36-8-5-6-11-39(36)47-40(37)38/h5-25H,1-4H3. The summed E-state index contributed by atoms with van der Waals surface area (Å²) in [7, 11) is 0. The van der Waals surface area contributed by atoms with Gasteiger partial charge in [0.2, 0.25) is 0 Å². The van der Waals surface area contributed by atoms with Gasteiger partial charge in [0, 0.05) is 36.9 Å². The Morgan fingerprint density at radius 3 is 1.36 bits per heavy atom. The molecular formula is C43H33N3S. The van der Waals surface area contributed by atoms with Crippen LogP contribution in [0.3, 0.4) is 0 Å². The van der Waals surface area contributed by atoms with Crippen LogP contribution < -0.4 is 0 Å². The van der Waals surface area contributed by atoms with Crippen molar-refractivity contribution in [2.45, 2.75) is 27.7 Å². The van der Waals surface area contributed by atoms with Crippen LogP contribution >= 0.6 is 11.3 Å². The molecule has 0 amide bonds. The minimum Gasteiger partial charge on any atom is -0.208 e. The number of aromatic nitrogens is 3. The van der Waals surface area contributed by atoms with Gasteiger partial charge >= 0.3 is 0 Å². The first-order valence-corrected chi connectivity index (χ1v) is 16.7. The van der Waals surface area contributed by atoms with E-state index in [0.717, 1.165) is 16.7 Å². The van der Waals surface area contributed by atoms with Crippen molar-refractivity contribution in [1.82, 2.24) is 15.0 Å². The minimum atomic E-state index is 0.661. The van der Waals surface area contributed by atoms with Crippen LogP contribution in [0.4, 0.5) is 0 Å². The lowest BCUT2D eigenvalue weighted by atomic mass is 9.99. The van der Waals surface area contributed by atoms with E-state index in [1.807, 2.05) is 0 Å². The molecule has 8 rings (SSSR count). The van der Waals surface area contributed by atoms with Crippen LogP contribution in [-0.2, 0) is 0 Å². The highest BCUT2D eigenvalue weighted by atomic mass is 32.1. The lowest BCUT2D eigenvalue weighted by Crippen LogP contribution is -2.00. The molecule has 0 saturated heterocycles. The van der Waals surface area contributed by atoms with Gasteiger partial charge in [0.15, 0.2) is 17.5 Å². The third kappa shape index (κ3) is 5.62. The molecule has 0 spiro atoms. The van der Waals surface area contributed by atoms with Crippen LogP contribution in [-0.4, -0.2) is 15.0 Å². The Hall–Kier alpha value is -5.45. The van der Waals surface area contributed by atoms with Gasteiger partial charge in [-0.25, -0.2) is 15.0 Å². The van der Waals surface area contributed by atoms with Crippen LogP contribution in [0.5, 0.6) is 0 Å². The summed E-state index contributed by atoms with van der Waals surface area (Å²) >= 11 is 1.79. The predicted octanol–water partition coefficient (Wildman–Crippen LogP) is 11.8. The van der Waals surface area contributed by atoms with E-state index >= 15 is 0 Å². The van der Waals surface area contributed by atoms with Gasteiger partial charge in [0.25, 0.3) is 0 Å². The van der Waals surface area contributed by atoms with E-state index in [0.29, 0.717) is 17.5 Å². The summed E-state index contributed by atoms with van der Waals surface area (Å²) in [5.74, 6) is 2.00. The summed E-state index contributed by atoms with van der Waals surface area (Å²) in [5.41, 5.74) is 12.7. The molecule has 0 radical (unpaired) electrons. The summed E-state index contributed by atoms with van der Waals surface area (Å²) in [4.78, 5) is 15.3. The molecule has 0 aliphatic rings. The maximum atomic E-state index is 5.12. The van der Waals surface area contributed by atoms with Gasteiger partial charge in [-0.1, -0.05) is 138 Å². The first-order chi connectivity index (χ1) is 22.9. The van der Waals surface area contributed by atoms with E-state index in [1.165, 1.54) is 64.7 Å². The number of nitrogens with zero attached hydrogens (tertiary/aromatic N) is 3. The fourth-order valence-electron chi connectivity index (χ4n) is 6.58. The first-order valence-electron chi connectivity index (χ1n) is 15.9. The molecule has 2 aromatic heterocycles. The molecule has 0 saturated carbocycles. The Morgan fingerprint density at radius 1 is 0.383 bits per heavy atom. The SMILES string of the molecule is Cc1cc(C)cc(-c2ccc(-c3nc(-c4ccc(-c5cc(C)cc(C)c5)cc4)nc(-c4cccc5c4sc4ccccc45)n3)cc2)c1. The molecule has 3 nitrogen and oxygen atoms in total. The number of rotatable bonds is 5. The topological polar surface area (TPSA) is 38.7 Å². The molecule has 8 aromatic rings. The Bertz CT molecular complexity index is 2280. The molecule has 0 unspecified atom stereocenters. The number of thiophene rings is 1. The van der Waals surface area contributed by atoms with Crippen LogP contribution in [0.1, 0.15) is 22.3 Å². The third-order valence-electron chi connectivity index (χ3n) is 8.68. The van der Waals surface area contributed by atoms with Crippen molar-refractivity contribution in [3.63, 3.8) is 0 Å². The smallest absolute Gasteiger partial charge is 0.165 e. The van der Waals surface area contributed by atoms with Gasteiger partial charge in [0.05, 0.1) is 0 Å². The predicted molar refractivity (Wildman–Crippen MR) is 199 cm³/mol. The average Bonchev–Trinajstić information content (AvgIpc) is 3.46. The second-order valence-electron chi connectivity index (χ2n) is 12.5. The quantitative estimate of drug-likeness (QED) is 0.191. The van der Waals surface area contributed by atoms with Crippen molar-refractivity contribution < 1.29 is 0 Å². The summed E-state index contributed by atoms with van der Waals surface area (Å²) in [6.07, 6.45) is 0. The fourth-order valence-corrected chi connectivity index (χ4v) is 7.80. The molecule has 0 aliphatic heterocycles. The van der Waals surface area contributed by atoms with Crippen LogP contribution in [0.15, 0.2) is 127 Å². The Kier molecular flexibility index (Phi) is 7.23. The van der Waals surface area contributed by atoms with Crippen molar-refractivity contribution in [2.75, 3.05) is 0 Å². The van der Waals surface area contributed by atoms with E-state index in [2.05, 4.69) is 155 Å². The van der Waals surface area contributed by atoms with Gasteiger partial charge in [-0.2, -0.15) is 0 Å². The van der Waals surface area contributed by atoms with Crippen molar-refractivity contribution in [2.24, 2.45) is 0 Å². The molecule has 6 aromatic carbocycles. The number of fused-ring (bicyclic) bond motifs is 3. The van der Waals surface area contributed by atoms with E-state index < -0.39 is 0 Å². The molecule has 2 heterocycles. The van der Waals surface area contributed by atoms with Crippen molar-refractivity contribution in [3.8, 4) is 56.4 Å². The summed E-state index contributed by atoms with van der Waals surface area (Å²) in [5, 5.41) is 2.48. The molecule has 0 aliphatic carbocycles. The Morgan fingerprint density at radius 2 is 0.830 bits per heavy atom. The van der Waals surface area contributed by atoms with E-state index in [9.17, 15) is 0 Å². The molecule has 226 valence electrons. The number of hydrogen-bond acceptors (Lipinski definition) is 4. The number of benzene rings is 6. The van der Waals surface area contributed by atoms with Gasteiger partial charge in [-0.3, -0.25) is 0 Å². The van der Waals surface area contributed by atoms with Gasteiger partial charge in [-0.15, -0.1) is 11.3 Å². The maximum absolute atomic E-state index is 5.12. The van der Waals surface area contributed by atoms with Crippen LogP contribution in [0.25, 0.3) is 76.6 Å². The number of aryl methyl sites for hydroxylation is 4. The zero-order valence-electron chi connectivity index (χ0n) is 26.9. The molecule has 0 bridgehead atoms. The van der Waals surface area contributed by atoms with Crippen LogP contribution in [0.2, 0.25) is 0 Å². The van der Waals surface area contributed by atoms with Crippen molar-refractivity contribution >= 4 is 31.5 Å². The highest BCUT2D eigenvalue weighted by Gasteiger charge is 2.17. The first kappa shape index (κ1) is 29.0. The fraction of sp³-hybridized carbons (Fsp3) is 0.0930. The molecule has 0 atom stereocenters. The Balaban J connectivity index is 1.26. The molecule has 0 N–H and O–H groups in total. The van der Waals surface area contributed by atoms with Gasteiger partial charge < -0.3 is 0 Å². The lowest BCUT2D eigenvalue weighted by Gasteiger charge is -2.11. The van der Waals surface area contributed by atoms with Crippen LogP contribution in [0, 0.1) is 27.7 Å². The summed E-state index contributed by atoms with van der Waals surface area (Å²) < 4.78 is 2.44. The van der Waals surface area contributed by atoms with Gasteiger partial charge in [-0.05, 0) is 62.1 Å². The summed E-state index contributed by atoms with van der Waals surface area (Å²) in [6, 6.07) is 45.5. The average molecular weight is 624 g/mol. The second kappa shape index (κ2) is 11.7. The van der Waals surface area contributed by atoms with Crippen molar-refractivity contribution in [3.05, 3.63) is 150 Å². The Labute approximate surface area is 279 Å². The molecule has 4 heteroatoms. The highest BCUT2D eigenvalue weighted by molar-refractivity contribution is 7.26. The van der Waals surface area contributed by atoms with Crippen molar-refractivity contribution in [1.29, 1.82) is 0 Å². The van der Waals surface area contributed by atoms with Gasteiger partial charge in [0.1, 0.15) is 0 Å². The normalized spacial score (nSPS) is 11.4. The minimum absolute atomic E-state index is 0.661.